The van der Waals surface area contributed by atoms with Gasteiger partial charge in [0, 0.05) is 6.04 Å². The molecule has 3 nitrogen and oxygen atoms in total. The van der Waals surface area contributed by atoms with Crippen molar-refractivity contribution >= 4 is 16.7 Å². The lowest BCUT2D eigenvalue weighted by molar-refractivity contribution is 0.0908. The van der Waals surface area contributed by atoms with Crippen molar-refractivity contribution in [2.24, 2.45) is 5.92 Å². The molecule has 2 aromatic rings. The van der Waals surface area contributed by atoms with Crippen molar-refractivity contribution < 1.29 is 9.53 Å². The third-order valence-corrected chi connectivity index (χ3v) is 4.85. The summed E-state index contributed by atoms with van der Waals surface area (Å²) in [5, 5.41) is 5.28. The molecule has 0 aliphatic heterocycles. The molecule has 0 aromatic heterocycles. The molecule has 122 valence electrons. The van der Waals surface area contributed by atoms with Gasteiger partial charge in [0.15, 0.2) is 0 Å². The van der Waals surface area contributed by atoms with Crippen molar-refractivity contribution in [2.45, 2.75) is 45.6 Å². The van der Waals surface area contributed by atoms with E-state index < -0.39 is 0 Å². The number of carbonyl (C=O) groups is 1. The number of hydrogen-bond acceptors (Lipinski definition) is 2. The number of nitrogens with one attached hydrogen (secondary N) is 1. The second kappa shape index (κ2) is 7.03. The smallest absolute Gasteiger partial charge is 0.255 e. The average Bonchev–Trinajstić information content (AvgIpc) is 2.57. The quantitative estimate of drug-likeness (QED) is 0.899. The molecule has 1 amide bonds. The summed E-state index contributed by atoms with van der Waals surface area (Å²) in [5.41, 5.74) is 0.669. The first-order valence-electron chi connectivity index (χ1n) is 8.66. The molecule has 1 fully saturated rings. The third kappa shape index (κ3) is 3.34. The maximum Gasteiger partial charge on any atom is 0.255 e. The summed E-state index contributed by atoms with van der Waals surface area (Å²) < 4.78 is 5.72. The van der Waals surface area contributed by atoms with E-state index in [4.69, 9.17) is 4.74 Å². The largest absolute Gasteiger partial charge is 0.493 e. The lowest BCUT2D eigenvalue weighted by atomic mass is 9.85. The van der Waals surface area contributed by atoms with Gasteiger partial charge in [-0.2, -0.15) is 0 Å². The SMILES string of the molecule is CCOc1ccc2ccccc2c1C(=O)N[C@H]1CCCC[C@@H]1C. The highest BCUT2D eigenvalue weighted by Gasteiger charge is 2.25. The summed E-state index contributed by atoms with van der Waals surface area (Å²) in [5.74, 6) is 1.20. The minimum atomic E-state index is -0.0102. The maximum atomic E-state index is 13.0. The zero-order valence-corrected chi connectivity index (χ0v) is 14.0. The number of rotatable bonds is 4. The lowest BCUT2D eigenvalue weighted by Crippen LogP contribution is -2.41. The fraction of sp³-hybridized carbons (Fsp3) is 0.450. The van der Waals surface area contributed by atoms with Gasteiger partial charge in [0.1, 0.15) is 5.75 Å². The topological polar surface area (TPSA) is 38.3 Å². The predicted octanol–water partition coefficient (Wildman–Crippen LogP) is 4.55. The second-order valence-corrected chi connectivity index (χ2v) is 6.43. The molecule has 0 radical (unpaired) electrons. The molecule has 0 bridgehead atoms. The molecule has 1 saturated carbocycles. The van der Waals surface area contributed by atoms with Gasteiger partial charge in [0.2, 0.25) is 0 Å². The van der Waals surface area contributed by atoms with E-state index in [2.05, 4.69) is 12.2 Å². The number of amides is 1. The van der Waals surface area contributed by atoms with Crippen LogP contribution in [0.4, 0.5) is 0 Å². The van der Waals surface area contributed by atoms with Crippen LogP contribution in [-0.2, 0) is 0 Å². The van der Waals surface area contributed by atoms with Crippen molar-refractivity contribution in [1.29, 1.82) is 0 Å². The molecule has 23 heavy (non-hydrogen) atoms. The first-order chi connectivity index (χ1) is 11.2. The Balaban J connectivity index is 1.95. The van der Waals surface area contributed by atoms with E-state index in [-0.39, 0.29) is 11.9 Å². The summed E-state index contributed by atoms with van der Waals surface area (Å²) in [6.07, 6.45) is 4.73. The van der Waals surface area contributed by atoms with Crippen molar-refractivity contribution in [3.63, 3.8) is 0 Å². The number of ether oxygens (including phenoxy) is 1. The minimum Gasteiger partial charge on any atom is -0.493 e. The van der Waals surface area contributed by atoms with Crippen molar-refractivity contribution in [3.8, 4) is 5.75 Å². The Bertz CT molecular complexity index is 695. The summed E-state index contributed by atoms with van der Waals surface area (Å²) in [6, 6.07) is 12.2. The number of benzene rings is 2. The normalized spacial score (nSPS) is 21.1. The lowest BCUT2D eigenvalue weighted by Gasteiger charge is -2.29. The van der Waals surface area contributed by atoms with E-state index >= 15 is 0 Å². The highest BCUT2D eigenvalue weighted by atomic mass is 16.5. The molecule has 3 rings (SSSR count). The standard InChI is InChI=1S/C20H25NO2/c1-3-23-18-13-12-15-9-5-6-10-16(15)19(18)20(22)21-17-11-7-4-8-14(17)2/h5-6,9-10,12-14,17H,3-4,7-8,11H2,1-2H3,(H,21,22)/t14-,17-/m0/s1. The van der Waals surface area contributed by atoms with Gasteiger partial charge in [-0.3, -0.25) is 4.79 Å². The molecular weight excluding hydrogens is 286 g/mol. The molecule has 2 aromatic carbocycles. The molecule has 1 aliphatic carbocycles. The van der Waals surface area contributed by atoms with Crippen LogP contribution in [0.25, 0.3) is 10.8 Å². The van der Waals surface area contributed by atoms with E-state index in [0.29, 0.717) is 23.8 Å². The Morgan fingerprint density at radius 1 is 1.17 bits per heavy atom. The van der Waals surface area contributed by atoms with E-state index in [1.54, 1.807) is 0 Å². The predicted molar refractivity (Wildman–Crippen MR) is 94.0 cm³/mol. The van der Waals surface area contributed by atoms with Gasteiger partial charge < -0.3 is 10.1 Å². The van der Waals surface area contributed by atoms with E-state index in [9.17, 15) is 4.79 Å². The number of hydrogen-bond donors (Lipinski definition) is 1. The van der Waals surface area contributed by atoms with E-state index in [1.165, 1.54) is 19.3 Å². The Morgan fingerprint density at radius 2 is 1.96 bits per heavy atom. The summed E-state index contributed by atoms with van der Waals surface area (Å²) in [6.45, 7) is 4.73. The zero-order chi connectivity index (χ0) is 16.2. The van der Waals surface area contributed by atoms with Gasteiger partial charge in [-0.05, 0) is 42.5 Å². The van der Waals surface area contributed by atoms with Crippen LogP contribution in [0.15, 0.2) is 36.4 Å². The van der Waals surface area contributed by atoms with Crippen molar-refractivity contribution in [2.75, 3.05) is 6.61 Å². The number of fused-ring (bicyclic) bond motifs is 1. The summed E-state index contributed by atoms with van der Waals surface area (Å²) in [4.78, 5) is 13.0. The van der Waals surface area contributed by atoms with Crippen LogP contribution >= 0.6 is 0 Å². The van der Waals surface area contributed by atoms with Gasteiger partial charge >= 0.3 is 0 Å². The molecule has 1 N–H and O–H groups in total. The molecule has 3 heteroatoms. The van der Waals surface area contributed by atoms with Crippen LogP contribution in [0.2, 0.25) is 0 Å². The Hall–Kier alpha value is -2.03. The fourth-order valence-corrected chi connectivity index (χ4v) is 3.53. The highest BCUT2D eigenvalue weighted by molar-refractivity contribution is 6.09. The van der Waals surface area contributed by atoms with Gasteiger partial charge in [0.05, 0.1) is 12.2 Å². The fourth-order valence-electron chi connectivity index (χ4n) is 3.53. The van der Waals surface area contributed by atoms with Gasteiger partial charge in [-0.15, -0.1) is 0 Å². The third-order valence-electron chi connectivity index (χ3n) is 4.85. The van der Waals surface area contributed by atoms with Crippen LogP contribution in [0.1, 0.15) is 49.9 Å². The summed E-state index contributed by atoms with van der Waals surface area (Å²) >= 11 is 0. The van der Waals surface area contributed by atoms with Gasteiger partial charge in [-0.1, -0.05) is 50.1 Å². The average molecular weight is 311 g/mol. The molecule has 0 unspecified atom stereocenters. The molecule has 0 heterocycles. The van der Waals surface area contributed by atoms with Gasteiger partial charge in [0.25, 0.3) is 5.91 Å². The Morgan fingerprint density at radius 3 is 2.74 bits per heavy atom. The van der Waals surface area contributed by atoms with Crippen LogP contribution in [-0.4, -0.2) is 18.6 Å². The summed E-state index contributed by atoms with van der Waals surface area (Å²) in [7, 11) is 0. The number of carbonyl (C=O) groups excluding carboxylic acids is 1. The Labute approximate surface area is 138 Å². The molecule has 0 spiro atoms. The highest BCUT2D eigenvalue weighted by Crippen LogP contribution is 2.30. The molecular formula is C20H25NO2. The molecule has 2 atom stereocenters. The molecule has 1 aliphatic rings. The van der Waals surface area contributed by atoms with Crippen LogP contribution in [0, 0.1) is 5.92 Å². The Kier molecular flexibility index (Phi) is 4.85. The van der Waals surface area contributed by atoms with Crippen LogP contribution in [0.5, 0.6) is 5.75 Å². The minimum absolute atomic E-state index is 0.0102. The van der Waals surface area contributed by atoms with E-state index in [0.717, 1.165) is 17.2 Å². The first-order valence-corrected chi connectivity index (χ1v) is 8.66. The first kappa shape index (κ1) is 15.9. The van der Waals surface area contributed by atoms with E-state index in [1.807, 2.05) is 43.3 Å². The van der Waals surface area contributed by atoms with Gasteiger partial charge in [-0.25, -0.2) is 0 Å². The maximum absolute atomic E-state index is 13.0. The van der Waals surface area contributed by atoms with Crippen molar-refractivity contribution in [3.05, 3.63) is 42.0 Å². The van der Waals surface area contributed by atoms with Crippen molar-refractivity contribution in [1.82, 2.24) is 5.32 Å². The van der Waals surface area contributed by atoms with Crippen LogP contribution < -0.4 is 10.1 Å². The molecule has 0 saturated heterocycles. The second-order valence-electron chi connectivity index (χ2n) is 6.43. The monoisotopic (exact) mass is 311 g/mol. The van der Waals surface area contributed by atoms with Crippen LogP contribution in [0.3, 0.4) is 0 Å². The zero-order valence-electron chi connectivity index (χ0n) is 14.0.